The second-order valence-electron chi connectivity index (χ2n) is 6.81. The molecule has 3 rings (SSSR count). The molecule has 1 aromatic heterocycles. The Hall–Kier alpha value is -3.44. The zero-order chi connectivity index (χ0) is 22.9. The minimum atomic E-state index is -0.778. The molecule has 1 atom stereocenters. The lowest BCUT2D eigenvalue weighted by atomic mass is 9.84. The van der Waals surface area contributed by atoms with E-state index in [2.05, 4.69) is 11.4 Å². The molecule has 1 aromatic carbocycles. The first-order valence-electron chi connectivity index (χ1n) is 10.3. The number of carbonyl (C=O) groups excluding carboxylic acids is 2. The van der Waals surface area contributed by atoms with Gasteiger partial charge in [-0.3, -0.25) is 4.79 Å². The number of allylic oxidation sites excluding steroid dienone is 1. The van der Waals surface area contributed by atoms with Crippen LogP contribution in [0, 0.1) is 11.3 Å². The van der Waals surface area contributed by atoms with Crippen molar-refractivity contribution in [2.45, 2.75) is 26.2 Å². The summed E-state index contributed by atoms with van der Waals surface area (Å²) in [6.45, 7) is 4.17. The van der Waals surface area contributed by atoms with Gasteiger partial charge in [0.15, 0.2) is 0 Å². The SMILES string of the molecule is CCCOC(=O)CSC1=C(C#N)C(c2ccco2)C(C(=O)OCC)=C(c2ccccc2)N1. The molecular formula is C24H24N2O5S. The molecule has 0 aliphatic carbocycles. The van der Waals surface area contributed by atoms with Gasteiger partial charge in [-0.1, -0.05) is 49.0 Å². The topological polar surface area (TPSA) is 102 Å². The van der Waals surface area contributed by atoms with Crippen molar-refractivity contribution < 1.29 is 23.5 Å². The normalized spacial score (nSPS) is 15.7. The van der Waals surface area contributed by atoms with Crippen LogP contribution in [0.25, 0.3) is 5.70 Å². The van der Waals surface area contributed by atoms with E-state index >= 15 is 0 Å². The number of ether oxygens (including phenoxy) is 2. The van der Waals surface area contributed by atoms with Crippen molar-refractivity contribution in [2.75, 3.05) is 19.0 Å². The van der Waals surface area contributed by atoms with Crippen LogP contribution in [0.4, 0.5) is 0 Å². The number of nitriles is 1. The molecule has 0 saturated heterocycles. The van der Waals surface area contributed by atoms with E-state index in [1.54, 1.807) is 19.1 Å². The highest BCUT2D eigenvalue weighted by atomic mass is 32.2. The predicted octanol–water partition coefficient (Wildman–Crippen LogP) is 4.36. The molecule has 0 bridgehead atoms. The number of nitrogens with zero attached hydrogens (tertiary/aromatic N) is 1. The molecule has 0 saturated carbocycles. The highest BCUT2D eigenvalue weighted by molar-refractivity contribution is 8.03. The van der Waals surface area contributed by atoms with E-state index in [9.17, 15) is 14.9 Å². The summed E-state index contributed by atoms with van der Waals surface area (Å²) in [5, 5.41) is 13.7. The molecule has 0 fully saturated rings. The van der Waals surface area contributed by atoms with Gasteiger partial charge in [0.1, 0.15) is 5.76 Å². The molecule has 1 aliphatic heterocycles. The quantitative estimate of drug-likeness (QED) is 0.560. The Balaban J connectivity index is 2.10. The molecule has 1 unspecified atom stereocenters. The summed E-state index contributed by atoms with van der Waals surface area (Å²) in [6, 6.07) is 14.9. The Morgan fingerprint density at radius 3 is 2.56 bits per heavy atom. The third-order valence-electron chi connectivity index (χ3n) is 4.64. The number of benzene rings is 1. The maximum absolute atomic E-state index is 13.1. The van der Waals surface area contributed by atoms with Gasteiger partial charge in [0.25, 0.3) is 0 Å². The molecule has 1 aliphatic rings. The zero-order valence-corrected chi connectivity index (χ0v) is 18.7. The highest BCUT2D eigenvalue weighted by Crippen LogP contribution is 2.43. The first-order valence-corrected chi connectivity index (χ1v) is 11.3. The molecule has 0 amide bonds. The number of esters is 2. The van der Waals surface area contributed by atoms with Gasteiger partial charge in [0.2, 0.25) is 0 Å². The van der Waals surface area contributed by atoms with Gasteiger partial charge in [0, 0.05) is 0 Å². The average Bonchev–Trinajstić information content (AvgIpc) is 3.35. The van der Waals surface area contributed by atoms with E-state index in [-0.39, 0.29) is 29.5 Å². The Kier molecular flexibility index (Phi) is 8.17. The largest absolute Gasteiger partial charge is 0.468 e. The van der Waals surface area contributed by atoms with Crippen LogP contribution in [0.2, 0.25) is 0 Å². The second kappa shape index (κ2) is 11.3. The third kappa shape index (κ3) is 5.24. The lowest BCUT2D eigenvalue weighted by Crippen LogP contribution is -2.29. The average molecular weight is 453 g/mol. The number of furan rings is 1. The summed E-state index contributed by atoms with van der Waals surface area (Å²) < 4.78 is 16.1. The monoisotopic (exact) mass is 452 g/mol. The van der Waals surface area contributed by atoms with Crippen LogP contribution in [0.1, 0.15) is 37.5 Å². The lowest BCUT2D eigenvalue weighted by molar-refractivity contribution is -0.140. The number of hydrogen-bond donors (Lipinski definition) is 1. The minimum absolute atomic E-state index is 0.0230. The van der Waals surface area contributed by atoms with Gasteiger partial charge in [-0.25, -0.2) is 4.79 Å². The van der Waals surface area contributed by atoms with Crippen LogP contribution < -0.4 is 5.32 Å². The van der Waals surface area contributed by atoms with Gasteiger partial charge in [-0.05, 0) is 31.0 Å². The third-order valence-corrected chi connectivity index (χ3v) is 5.63. The number of rotatable bonds is 9. The Bertz CT molecular complexity index is 1050. The van der Waals surface area contributed by atoms with Gasteiger partial charge in [-0.15, -0.1) is 0 Å². The van der Waals surface area contributed by atoms with Crippen LogP contribution in [0.5, 0.6) is 0 Å². The molecule has 2 aromatic rings. The summed E-state index contributed by atoms with van der Waals surface area (Å²) in [6.07, 6.45) is 2.22. The van der Waals surface area contributed by atoms with E-state index in [0.717, 1.165) is 23.7 Å². The first-order chi connectivity index (χ1) is 15.6. The van der Waals surface area contributed by atoms with Crippen LogP contribution in [0.15, 0.2) is 69.3 Å². The molecule has 0 radical (unpaired) electrons. The standard InChI is InChI=1S/C24H24N2O5S/c1-3-12-31-19(27)15-32-23-17(14-25)20(18-11-8-13-30-18)21(24(28)29-4-2)22(26-23)16-9-6-5-7-10-16/h5-11,13,20,26H,3-4,12,15H2,1-2H3. The van der Waals surface area contributed by atoms with Gasteiger partial charge >= 0.3 is 11.9 Å². The van der Waals surface area contributed by atoms with E-state index in [1.165, 1.54) is 6.26 Å². The molecular weight excluding hydrogens is 428 g/mol. The van der Waals surface area contributed by atoms with Crippen molar-refractivity contribution in [3.05, 3.63) is 76.2 Å². The fourth-order valence-corrected chi connectivity index (χ4v) is 4.13. The fraction of sp³-hybridized carbons (Fsp3) is 0.292. The number of carbonyl (C=O) groups is 2. The van der Waals surface area contributed by atoms with E-state index < -0.39 is 11.9 Å². The van der Waals surface area contributed by atoms with Gasteiger partial charge in [-0.2, -0.15) is 5.26 Å². The molecule has 32 heavy (non-hydrogen) atoms. The Morgan fingerprint density at radius 1 is 1.16 bits per heavy atom. The van der Waals surface area contributed by atoms with Crippen LogP contribution in [-0.2, 0) is 19.1 Å². The minimum Gasteiger partial charge on any atom is -0.468 e. The fourth-order valence-electron chi connectivity index (χ4n) is 3.29. The highest BCUT2D eigenvalue weighted by Gasteiger charge is 2.38. The van der Waals surface area contributed by atoms with E-state index in [0.29, 0.717) is 23.1 Å². The summed E-state index contributed by atoms with van der Waals surface area (Å²) in [5.41, 5.74) is 1.81. The van der Waals surface area contributed by atoms with E-state index in [4.69, 9.17) is 13.9 Å². The van der Waals surface area contributed by atoms with Crippen molar-refractivity contribution in [1.82, 2.24) is 5.32 Å². The predicted molar refractivity (Wildman–Crippen MR) is 121 cm³/mol. The summed E-state index contributed by atoms with van der Waals surface area (Å²) in [7, 11) is 0. The summed E-state index contributed by atoms with van der Waals surface area (Å²) in [4.78, 5) is 25.1. The maximum atomic E-state index is 13.1. The number of nitrogens with one attached hydrogen (secondary N) is 1. The summed E-state index contributed by atoms with van der Waals surface area (Å²) in [5.74, 6) is -1.24. The Labute approximate surface area is 191 Å². The van der Waals surface area contributed by atoms with Gasteiger partial charge < -0.3 is 19.2 Å². The first kappa shape index (κ1) is 23.2. The van der Waals surface area contributed by atoms with Crippen LogP contribution in [-0.4, -0.2) is 30.9 Å². The summed E-state index contributed by atoms with van der Waals surface area (Å²) >= 11 is 1.16. The van der Waals surface area contributed by atoms with Crippen LogP contribution in [0.3, 0.4) is 0 Å². The smallest absolute Gasteiger partial charge is 0.337 e. The number of hydrogen-bond acceptors (Lipinski definition) is 8. The number of thioether (sulfide) groups is 1. The maximum Gasteiger partial charge on any atom is 0.337 e. The van der Waals surface area contributed by atoms with Crippen molar-refractivity contribution in [2.24, 2.45) is 0 Å². The number of dihydropyridines is 1. The molecule has 7 nitrogen and oxygen atoms in total. The van der Waals surface area contributed by atoms with Crippen molar-refractivity contribution in [3.8, 4) is 6.07 Å². The Morgan fingerprint density at radius 2 is 1.94 bits per heavy atom. The molecule has 166 valence electrons. The van der Waals surface area contributed by atoms with Crippen molar-refractivity contribution in [1.29, 1.82) is 5.26 Å². The molecule has 1 N–H and O–H groups in total. The second-order valence-corrected chi connectivity index (χ2v) is 7.80. The molecule has 0 spiro atoms. The lowest BCUT2D eigenvalue weighted by Gasteiger charge is -2.29. The van der Waals surface area contributed by atoms with E-state index in [1.807, 2.05) is 37.3 Å². The van der Waals surface area contributed by atoms with Crippen LogP contribution >= 0.6 is 11.8 Å². The van der Waals surface area contributed by atoms with Crippen molar-refractivity contribution in [3.63, 3.8) is 0 Å². The van der Waals surface area contributed by atoms with Gasteiger partial charge in [0.05, 0.1) is 59.1 Å². The van der Waals surface area contributed by atoms with Crippen molar-refractivity contribution >= 4 is 29.4 Å². The molecule has 8 heteroatoms. The zero-order valence-electron chi connectivity index (χ0n) is 17.9. The molecule has 2 heterocycles.